The van der Waals surface area contributed by atoms with E-state index >= 15 is 0 Å². The molecule has 0 aliphatic carbocycles. The highest BCUT2D eigenvalue weighted by Crippen LogP contribution is 2.06. The third-order valence-corrected chi connectivity index (χ3v) is 1.44. The highest BCUT2D eigenvalue weighted by molar-refractivity contribution is 5.62. The highest BCUT2D eigenvalue weighted by atomic mass is 14.6. The lowest BCUT2D eigenvalue weighted by Crippen LogP contribution is -2.01. The standard InChI is InChI=1S/C9H12N2/c10-7-6-9(11)8-4-2-1-3-5-8/h1-6H,7,10-11H2. The van der Waals surface area contributed by atoms with Gasteiger partial charge in [-0.2, -0.15) is 0 Å². The minimum absolute atomic E-state index is 0.487. The van der Waals surface area contributed by atoms with Crippen LogP contribution in [0.25, 0.3) is 5.70 Å². The molecular formula is C9H12N2. The summed E-state index contributed by atoms with van der Waals surface area (Å²) in [4.78, 5) is 0. The summed E-state index contributed by atoms with van der Waals surface area (Å²) in [5, 5.41) is 0. The van der Waals surface area contributed by atoms with Crippen molar-refractivity contribution < 1.29 is 0 Å². The van der Waals surface area contributed by atoms with Crippen LogP contribution in [0.1, 0.15) is 5.56 Å². The first-order chi connectivity index (χ1) is 5.34. The van der Waals surface area contributed by atoms with Gasteiger partial charge in [-0.25, -0.2) is 0 Å². The van der Waals surface area contributed by atoms with E-state index in [-0.39, 0.29) is 0 Å². The molecule has 1 aromatic carbocycles. The number of rotatable bonds is 2. The van der Waals surface area contributed by atoms with Crippen molar-refractivity contribution in [3.8, 4) is 0 Å². The molecule has 0 aliphatic rings. The van der Waals surface area contributed by atoms with Gasteiger partial charge in [-0.1, -0.05) is 30.3 Å². The smallest absolute Gasteiger partial charge is 0.0359 e. The third kappa shape index (κ3) is 2.09. The second-order valence-electron chi connectivity index (χ2n) is 2.26. The molecule has 58 valence electrons. The average molecular weight is 148 g/mol. The SMILES string of the molecule is NCC=C(N)c1ccccc1. The number of benzene rings is 1. The topological polar surface area (TPSA) is 52.0 Å². The van der Waals surface area contributed by atoms with E-state index in [4.69, 9.17) is 11.5 Å². The Kier molecular flexibility index (Phi) is 2.69. The molecule has 0 amide bonds. The molecule has 0 unspecified atom stereocenters. The van der Waals surface area contributed by atoms with E-state index < -0.39 is 0 Å². The zero-order chi connectivity index (χ0) is 8.10. The van der Waals surface area contributed by atoms with Gasteiger partial charge in [-0.15, -0.1) is 0 Å². The molecule has 0 atom stereocenters. The lowest BCUT2D eigenvalue weighted by atomic mass is 10.1. The van der Waals surface area contributed by atoms with E-state index in [9.17, 15) is 0 Å². The Labute approximate surface area is 66.5 Å². The predicted molar refractivity (Wildman–Crippen MR) is 47.7 cm³/mol. The maximum absolute atomic E-state index is 5.69. The lowest BCUT2D eigenvalue weighted by molar-refractivity contribution is 1.25. The Morgan fingerprint density at radius 2 is 1.91 bits per heavy atom. The molecule has 0 heterocycles. The molecule has 0 saturated heterocycles. The predicted octanol–water partition coefficient (Wildman–Crippen LogP) is 0.945. The Balaban J connectivity index is 2.85. The van der Waals surface area contributed by atoms with Crippen LogP contribution in [-0.2, 0) is 0 Å². The van der Waals surface area contributed by atoms with Gasteiger partial charge in [0.1, 0.15) is 0 Å². The molecule has 2 nitrogen and oxygen atoms in total. The van der Waals surface area contributed by atoms with Gasteiger partial charge in [-0.3, -0.25) is 0 Å². The van der Waals surface area contributed by atoms with Gasteiger partial charge in [-0.05, 0) is 11.6 Å². The summed E-state index contributed by atoms with van der Waals surface area (Å²) >= 11 is 0. The molecule has 0 aliphatic heterocycles. The van der Waals surface area contributed by atoms with E-state index in [0.29, 0.717) is 6.54 Å². The normalized spacial score (nSPS) is 11.5. The van der Waals surface area contributed by atoms with Gasteiger partial charge in [0.05, 0.1) is 0 Å². The minimum atomic E-state index is 0.487. The van der Waals surface area contributed by atoms with Crippen molar-refractivity contribution >= 4 is 5.70 Å². The molecule has 4 N–H and O–H groups in total. The second-order valence-corrected chi connectivity index (χ2v) is 2.26. The van der Waals surface area contributed by atoms with Crippen molar-refractivity contribution in [3.63, 3.8) is 0 Å². The summed E-state index contributed by atoms with van der Waals surface area (Å²) in [5.41, 5.74) is 12.8. The summed E-state index contributed by atoms with van der Waals surface area (Å²) in [6.07, 6.45) is 1.80. The summed E-state index contributed by atoms with van der Waals surface area (Å²) < 4.78 is 0. The van der Waals surface area contributed by atoms with Crippen molar-refractivity contribution in [1.29, 1.82) is 0 Å². The first kappa shape index (κ1) is 7.82. The van der Waals surface area contributed by atoms with Gasteiger partial charge in [0.2, 0.25) is 0 Å². The first-order valence-electron chi connectivity index (χ1n) is 3.55. The second kappa shape index (κ2) is 3.78. The Bertz CT molecular complexity index is 239. The Hall–Kier alpha value is -1.28. The quantitative estimate of drug-likeness (QED) is 0.656. The summed E-state index contributed by atoms with van der Waals surface area (Å²) in [6, 6.07) is 9.78. The maximum Gasteiger partial charge on any atom is 0.0359 e. The number of hydrogen-bond acceptors (Lipinski definition) is 2. The van der Waals surface area contributed by atoms with E-state index in [1.807, 2.05) is 30.3 Å². The molecular weight excluding hydrogens is 136 g/mol. The average Bonchev–Trinajstić information content (AvgIpc) is 2.07. The van der Waals surface area contributed by atoms with Crippen LogP contribution in [-0.4, -0.2) is 6.54 Å². The lowest BCUT2D eigenvalue weighted by Gasteiger charge is -1.98. The van der Waals surface area contributed by atoms with Crippen LogP contribution in [0.4, 0.5) is 0 Å². The molecule has 2 heteroatoms. The van der Waals surface area contributed by atoms with Crippen molar-refractivity contribution in [1.82, 2.24) is 0 Å². The number of hydrogen-bond donors (Lipinski definition) is 2. The first-order valence-corrected chi connectivity index (χ1v) is 3.55. The zero-order valence-electron chi connectivity index (χ0n) is 6.33. The van der Waals surface area contributed by atoms with E-state index in [0.717, 1.165) is 11.3 Å². The largest absolute Gasteiger partial charge is 0.398 e. The van der Waals surface area contributed by atoms with Crippen LogP contribution in [0.3, 0.4) is 0 Å². The minimum Gasteiger partial charge on any atom is -0.398 e. The van der Waals surface area contributed by atoms with E-state index in [1.54, 1.807) is 6.08 Å². The van der Waals surface area contributed by atoms with Gasteiger partial charge in [0, 0.05) is 12.2 Å². The maximum atomic E-state index is 5.69. The molecule has 0 fully saturated rings. The van der Waals surface area contributed by atoms with E-state index in [2.05, 4.69) is 0 Å². The van der Waals surface area contributed by atoms with Crippen LogP contribution in [0, 0.1) is 0 Å². The zero-order valence-corrected chi connectivity index (χ0v) is 6.33. The summed E-state index contributed by atoms with van der Waals surface area (Å²) in [6.45, 7) is 0.487. The van der Waals surface area contributed by atoms with Gasteiger partial charge in [0.25, 0.3) is 0 Å². The monoisotopic (exact) mass is 148 g/mol. The molecule has 0 bridgehead atoms. The fourth-order valence-corrected chi connectivity index (χ4v) is 0.875. The van der Waals surface area contributed by atoms with Gasteiger partial charge < -0.3 is 11.5 Å². The van der Waals surface area contributed by atoms with Crippen LogP contribution in [0.2, 0.25) is 0 Å². The Morgan fingerprint density at radius 3 is 2.45 bits per heavy atom. The third-order valence-electron chi connectivity index (χ3n) is 1.44. The number of nitrogens with two attached hydrogens (primary N) is 2. The molecule has 1 aromatic rings. The Morgan fingerprint density at radius 1 is 1.27 bits per heavy atom. The molecule has 11 heavy (non-hydrogen) atoms. The van der Waals surface area contributed by atoms with Crippen molar-refractivity contribution in [2.45, 2.75) is 0 Å². The van der Waals surface area contributed by atoms with E-state index in [1.165, 1.54) is 0 Å². The molecule has 1 rings (SSSR count). The summed E-state index contributed by atoms with van der Waals surface area (Å²) in [5.74, 6) is 0. The van der Waals surface area contributed by atoms with Crippen LogP contribution in [0.15, 0.2) is 36.4 Å². The van der Waals surface area contributed by atoms with Crippen molar-refractivity contribution in [2.75, 3.05) is 6.54 Å². The highest BCUT2D eigenvalue weighted by Gasteiger charge is 1.91. The van der Waals surface area contributed by atoms with Crippen molar-refractivity contribution in [2.24, 2.45) is 11.5 Å². The van der Waals surface area contributed by atoms with Crippen LogP contribution in [0.5, 0.6) is 0 Å². The molecule has 0 radical (unpaired) electrons. The molecule has 0 saturated carbocycles. The van der Waals surface area contributed by atoms with Gasteiger partial charge >= 0.3 is 0 Å². The van der Waals surface area contributed by atoms with Crippen molar-refractivity contribution in [3.05, 3.63) is 42.0 Å². The molecule has 0 aromatic heterocycles. The fraction of sp³-hybridized carbons (Fsp3) is 0.111. The summed E-state index contributed by atoms with van der Waals surface area (Å²) in [7, 11) is 0. The molecule has 0 spiro atoms. The fourth-order valence-electron chi connectivity index (χ4n) is 0.875. The van der Waals surface area contributed by atoms with Gasteiger partial charge in [0.15, 0.2) is 0 Å². The van der Waals surface area contributed by atoms with Crippen LogP contribution >= 0.6 is 0 Å². The van der Waals surface area contributed by atoms with Crippen LogP contribution < -0.4 is 11.5 Å².